The molecule has 2 amide bonds. The number of ether oxygens (including phenoxy) is 1. The number of amides is 2. The number of hydrogen-bond acceptors (Lipinski definition) is 5. The van der Waals surface area contributed by atoms with E-state index in [1.807, 2.05) is 24.3 Å². The summed E-state index contributed by atoms with van der Waals surface area (Å²) in [7, 11) is 0. The number of carbonyl (C=O) groups is 1. The van der Waals surface area contributed by atoms with Gasteiger partial charge in [0.15, 0.2) is 0 Å². The molecule has 7 heteroatoms. The van der Waals surface area contributed by atoms with Crippen LogP contribution < -0.4 is 10.6 Å². The van der Waals surface area contributed by atoms with Crippen LogP contribution in [0.1, 0.15) is 18.9 Å². The van der Waals surface area contributed by atoms with Gasteiger partial charge in [0, 0.05) is 25.7 Å². The largest absolute Gasteiger partial charge is 0.379 e. The number of nitrogens with zero attached hydrogens (tertiary/aromatic N) is 2. The quantitative estimate of drug-likeness (QED) is 0.828. The summed E-state index contributed by atoms with van der Waals surface area (Å²) >= 11 is 1.62. The lowest BCUT2D eigenvalue weighted by Gasteiger charge is -2.36. The average molecular weight is 362 g/mol. The van der Waals surface area contributed by atoms with Gasteiger partial charge in [-0.1, -0.05) is 26.0 Å². The Kier molecular flexibility index (Phi) is 6.23. The van der Waals surface area contributed by atoms with Gasteiger partial charge in [-0.15, -0.1) is 11.3 Å². The Bertz CT molecular complexity index is 664. The SMILES string of the molecule is CC(C)C(CNC(=O)NCc1nc2ccccc2s1)N1CCOCC1. The lowest BCUT2D eigenvalue weighted by Crippen LogP contribution is -2.52. The first kappa shape index (κ1) is 18.1. The molecule has 25 heavy (non-hydrogen) atoms. The Morgan fingerprint density at radius 3 is 2.76 bits per heavy atom. The van der Waals surface area contributed by atoms with Crippen molar-refractivity contribution in [3.63, 3.8) is 0 Å². The molecule has 2 aromatic rings. The fourth-order valence-corrected chi connectivity index (χ4v) is 4.01. The highest BCUT2D eigenvalue weighted by Crippen LogP contribution is 2.21. The molecule has 2 N–H and O–H groups in total. The van der Waals surface area contributed by atoms with Crippen LogP contribution in [0.3, 0.4) is 0 Å². The van der Waals surface area contributed by atoms with Gasteiger partial charge in [0.05, 0.1) is 30.0 Å². The van der Waals surface area contributed by atoms with Gasteiger partial charge in [-0.25, -0.2) is 9.78 Å². The van der Waals surface area contributed by atoms with E-state index in [4.69, 9.17) is 4.74 Å². The van der Waals surface area contributed by atoms with Gasteiger partial charge in [-0.3, -0.25) is 4.90 Å². The Balaban J connectivity index is 1.47. The van der Waals surface area contributed by atoms with Crippen LogP contribution in [0.15, 0.2) is 24.3 Å². The number of carbonyl (C=O) groups excluding carboxylic acids is 1. The van der Waals surface area contributed by atoms with Crippen LogP contribution >= 0.6 is 11.3 Å². The molecule has 1 aliphatic heterocycles. The Hall–Kier alpha value is -1.70. The first-order chi connectivity index (χ1) is 12.1. The molecule has 1 saturated heterocycles. The highest BCUT2D eigenvalue weighted by Gasteiger charge is 2.24. The summed E-state index contributed by atoms with van der Waals surface area (Å²) in [5.74, 6) is 0.475. The van der Waals surface area contributed by atoms with E-state index in [-0.39, 0.29) is 6.03 Å². The summed E-state index contributed by atoms with van der Waals surface area (Å²) in [6.07, 6.45) is 0. The van der Waals surface area contributed by atoms with Crippen molar-refractivity contribution in [2.75, 3.05) is 32.8 Å². The molecule has 1 fully saturated rings. The van der Waals surface area contributed by atoms with Crippen molar-refractivity contribution in [3.8, 4) is 0 Å². The van der Waals surface area contributed by atoms with E-state index in [0.717, 1.165) is 41.5 Å². The maximum absolute atomic E-state index is 12.2. The lowest BCUT2D eigenvalue weighted by atomic mass is 10.0. The molecule has 1 aromatic heterocycles. The van der Waals surface area contributed by atoms with E-state index in [1.54, 1.807) is 11.3 Å². The summed E-state index contributed by atoms with van der Waals surface area (Å²) in [4.78, 5) is 19.1. The highest BCUT2D eigenvalue weighted by molar-refractivity contribution is 7.18. The molecule has 0 spiro atoms. The van der Waals surface area contributed by atoms with E-state index in [1.165, 1.54) is 0 Å². The Morgan fingerprint density at radius 2 is 2.04 bits per heavy atom. The lowest BCUT2D eigenvalue weighted by molar-refractivity contribution is 0.00719. The molecule has 1 aliphatic rings. The smallest absolute Gasteiger partial charge is 0.315 e. The number of aromatic nitrogens is 1. The summed E-state index contributed by atoms with van der Waals surface area (Å²) in [5, 5.41) is 6.84. The third-order valence-electron chi connectivity index (χ3n) is 4.49. The second-order valence-corrected chi connectivity index (χ2v) is 7.71. The number of benzene rings is 1. The Morgan fingerprint density at radius 1 is 1.28 bits per heavy atom. The van der Waals surface area contributed by atoms with Crippen molar-refractivity contribution in [1.82, 2.24) is 20.5 Å². The summed E-state index contributed by atoms with van der Waals surface area (Å²) in [6.45, 7) is 8.88. The second kappa shape index (κ2) is 8.60. The van der Waals surface area contributed by atoms with Crippen molar-refractivity contribution < 1.29 is 9.53 Å². The zero-order valence-electron chi connectivity index (χ0n) is 14.8. The van der Waals surface area contributed by atoms with Crippen molar-refractivity contribution in [1.29, 1.82) is 0 Å². The number of morpholine rings is 1. The van der Waals surface area contributed by atoms with Crippen LogP contribution in [0, 0.1) is 5.92 Å². The number of para-hydroxylation sites is 1. The topological polar surface area (TPSA) is 66.5 Å². The maximum atomic E-state index is 12.2. The van der Waals surface area contributed by atoms with Crippen LogP contribution in [0.2, 0.25) is 0 Å². The summed E-state index contributed by atoms with van der Waals surface area (Å²) in [6, 6.07) is 8.21. The van der Waals surface area contributed by atoms with Gasteiger partial charge in [-0.05, 0) is 18.1 Å². The number of nitrogens with one attached hydrogen (secondary N) is 2. The third kappa shape index (κ3) is 4.90. The van der Waals surface area contributed by atoms with Gasteiger partial charge < -0.3 is 15.4 Å². The van der Waals surface area contributed by atoms with Crippen molar-refractivity contribution in [2.24, 2.45) is 5.92 Å². The number of thiazole rings is 1. The van der Waals surface area contributed by atoms with Crippen molar-refractivity contribution in [2.45, 2.75) is 26.4 Å². The molecule has 136 valence electrons. The van der Waals surface area contributed by atoms with E-state index >= 15 is 0 Å². The predicted octanol–water partition coefficient (Wildman–Crippen LogP) is 2.45. The zero-order valence-corrected chi connectivity index (χ0v) is 15.6. The first-order valence-corrected chi connectivity index (χ1v) is 9.63. The third-order valence-corrected chi connectivity index (χ3v) is 5.53. The minimum atomic E-state index is -0.141. The van der Waals surface area contributed by atoms with E-state index in [2.05, 4.69) is 34.4 Å². The summed E-state index contributed by atoms with van der Waals surface area (Å²) < 4.78 is 6.57. The minimum absolute atomic E-state index is 0.141. The van der Waals surface area contributed by atoms with Crippen LogP contribution in [0.5, 0.6) is 0 Å². The molecule has 0 saturated carbocycles. The number of urea groups is 1. The fraction of sp³-hybridized carbons (Fsp3) is 0.556. The van der Waals surface area contributed by atoms with Crippen LogP contribution in [0.25, 0.3) is 10.2 Å². The van der Waals surface area contributed by atoms with Crippen LogP contribution in [0.4, 0.5) is 4.79 Å². The molecular weight excluding hydrogens is 336 g/mol. The number of rotatable bonds is 6. The number of hydrogen-bond donors (Lipinski definition) is 2. The molecule has 0 radical (unpaired) electrons. The first-order valence-electron chi connectivity index (χ1n) is 8.81. The molecule has 6 nitrogen and oxygen atoms in total. The molecule has 2 heterocycles. The normalized spacial score (nSPS) is 16.9. The van der Waals surface area contributed by atoms with Crippen molar-refractivity contribution in [3.05, 3.63) is 29.3 Å². The number of fused-ring (bicyclic) bond motifs is 1. The van der Waals surface area contributed by atoms with Crippen molar-refractivity contribution >= 4 is 27.6 Å². The van der Waals surface area contributed by atoms with Crippen LogP contribution in [-0.4, -0.2) is 54.8 Å². The van der Waals surface area contributed by atoms with E-state index < -0.39 is 0 Å². The zero-order chi connectivity index (χ0) is 17.6. The highest BCUT2D eigenvalue weighted by atomic mass is 32.1. The fourth-order valence-electron chi connectivity index (χ4n) is 3.11. The van der Waals surface area contributed by atoms with E-state index in [9.17, 15) is 4.79 Å². The molecule has 1 unspecified atom stereocenters. The molecule has 1 aromatic carbocycles. The molecule has 3 rings (SSSR count). The van der Waals surface area contributed by atoms with E-state index in [0.29, 0.717) is 25.0 Å². The van der Waals surface area contributed by atoms with Crippen LogP contribution in [-0.2, 0) is 11.3 Å². The van der Waals surface area contributed by atoms with Gasteiger partial charge >= 0.3 is 6.03 Å². The maximum Gasteiger partial charge on any atom is 0.315 e. The van der Waals surface area contributed by atoms with Gasteiger partial charge in [0.2, 0.25) is 0 Å². The molecule has 0 bridgehead atoms. The average Bonchev–Trinajstić information content (AvgIpc) is 3.04. The molecular formula is C18H26N4O2S. The van der Waals surface area contributed by atoms with Gasteiger partial charge in [0.25, 0.3) is 0 Å². The summed E-state index contributed by atoms with van der Waals surface area (Å²) in [5.41, 5.74) is 0.983. The minimum Gasteiger partial charge on any atom is -0.379 e. The second-order valence-electron chi connectivity index (χ2n) is 6.60. The standard InChI is InChI=1S/C18H26N4O2S/c1-13(2)15(22-7-9-24-10-8-22)11-19-18(23)20-12-17-21-14-5-3-4-6-16(14)25-17/h3-6,13,15H,7-12H2,1-2H3,(H2,19,20,23). The van der Waals surface area contributed by atoms with Gasteiger partial charge in [0.1, 0.15) is 5.01 Å². The Labute approximate surface area is 152 Å². The monoisotopic (exact) mass is 362 g/mol. The molecule has 1 atom stereocenters. The predicted molar refractivity (Wildman–Crippen MR) is 101 cm³/mol. The van der Waals surface area contributed by atoms with Gasteiger partial charge in [-0.2, -0.15) is 0 Å². The molecule has 0 aliphatic carbocycles.